The summed E-state index contributed by atoms with van der Waals surface area (Å²) in [6.45, 7) is 0. The van der Waals surface area contributed by atoms with Crippen molar-refractivity contribution >= 4 is 11.6 Å². The van der Waals surface area contributed by atoms with Gasteiger partial charge in [-0.3, -0.25) is 0 Å². The van der Waals surface area contributed by atoms with E-state index >= 15 is 0 Å². The van der Waals surface area contributed by atoms with Crippen LogP contribution in [0.1, 0.15) is 24.3 Å². The normalized spacial score (nSPS) is 19.7. The maximum absolute atomic E-state index is 9.18. The molecule has 1 aromatic carbocycles. The average molecular weight is 344 g/mol. The minimum Gasteiger partial charge on any atom is -0.491 e. The van der Waals surface area contributed by atoms with E-state index in [9.17, 15) is 5.11 Å². The fraction of sp³-hybridized carbons (Fsp3) is 0.235. The van der Waals surface area contributed by atoms with Gasteiger partial charge in [0.05, 0.1) is 18.5 Å². The molecule has 0 unspecified atom stereocenters. The lowest BCUT2D eigenvalue weighted by Gasteiger charge is -2.35. The number of aromatic hydroxyl groups is 1. The highest BCUT2D eigenvalue weighted by molar-refractivity contribution is 6.30. The van der Waals surface area contributed by atoms with Crippen molar-refractivity contribution in [3.05, 3.63) is 53.3 Å². The van der Waals surface area contributed by atoms with Crippen molar-refractivity contribution in [1.29, 1.82) is 0 Å². The molecule has 0 saturated heterocycles. The van der Waals surface area contributed by atoms with Crippen LogP contribution in [0.5, 0.6) is 11.8 Å². The van der Waals surface area contributed by atoms with Crippen molar-refractivity contribution < 1.29 is 14.4 Å². The Labute approximate surface area is 143 Å². The monoisotopic (exact) mass is 343 g/mol. The molecule has 1 N–H and O–H groups in total. The first-order valence-electron chi connectivity index (χ1n) is 7.57. The van der Waals surface area contributed by atoms with Crippen LogP contribution < -0.4 is 4.74 Å². The summed E-state index contributed by atoms with van der Waals surface area (Å²) in [6.07, 6.45) is 5.11. The second-order valence-corrected chi connectivity index (χ2v) is 6.19. The Morgan fingerprint density at radius 2 is 1.92 bits per heavy atom. The van der Waals surface area contributed by atoms with Gasteiger partial charge in [-0.1, -0.05) is 23.7 Å². The van der Waals surface area contributed by atoms with Gasteiger partial charge < -0.3 is 14.4 Å². The van der Waals surface area contributed by atoms with Gasteiger partial charge >= 0.3 is 0 Å². The van der Waals surface area contributed by atoms with Crippen molar-refractivity contribution in [3.63, 3.8) is 0 Å². The second kappa shape index (κ2) is 6.13. The van der Waals surface area contributed by atoms with E-state index in [0.717, 1.165) is 17.9 Å². The van der Waals surface area contributed by atoms with Crippen LogP contribution in [0.4, 0.5) is 0 Å². The van der Waals surface area contributed by atoms with E-state index < -0.39 is 0 Å². The first-order valence-corrected chi connectivity index (χ1v) is 7.95. The van der Waals surface area contributed by atoms with Crippen molar-refractivity contribution in [2.45, 2.75) is 24.9 Å². The van der Waals surface area contributed by atoms with Gasteiger partial charge in [0, 0.05) is 5.02 Å². The van der Waals surface area contributed by atoms with Gasteiger partial charge in [0.1, 0.15) is 11.8 Å². The van der Waals surface area contributed by atoms with E-state index in [2.05, 4.69) is 27.3 Å². The lowest BCUT2D eigenvalue weighted by molar-refractivity contribution is 0.0931. The molecule has 4 rings (SSSR count). The van der Waals surface area contributed by atoms with Crippen molar-refractivity contribution in [2.75, 3.05) is 0 Å². The van der Waals surface area contributed by atoms with Crippen molar-refractivity contribution in [3.8, 4) is 23.2 Å². The third-order valence-corrected chi connectivity index (χ3v) is 4.35. The second-order valence-electron chi connectivity index (χ2n) is 5.75. The van der Waals surface area contributed by atoms with E-state index in [4.69, 9.17) is 20.9 Å². The summed E-state index contributed by atoms with van der Waals surface area (Å²) >= 11 is 5.91. The van der Waals surface area contributed by atoms with Crippen LogP contribution in [0.25, 0.3) is 11.5 Å². The lowest BCUT2D eigenvalue weighted by Crippen LogP contribution is -2.32. The molecule has 6 nitrogen and oxygen atoms in total. The number of rotatable bonds is 4. The smallest absolute Gasteiger partial charge is 0.252 e. The summed E-state index contributed by atoms with van der Waals surface area (Å²) in [4.78, 5) is 8.44. The van der Waals surface area contributed by atoms with Crippen LogP contribution in [0.2, 0.25) is 5.02 Å². The van der Waals surface area contributed by atoms with Gasteiger partial charge in [0.2, 0.25) is 5.88 Å². The van der Waals surface area contributed by atoms with E-state index in [0.29, 0.717) is 23.3 Å². The van der Waals surface area contributed by atoms with Crippen LogP contribution in [-0.2, 0) is 0 Å². The maximum Gasteiger partial charge on any atom is 0.252 e. The van der Waals surface area contributed by atoms with Gasteiger partial charge in [0.25, 0.3) is 5.88 Å². The van der Waals surface area contributed by atoms with E-state index in [-0.39, 0.29) is 12.0 Å². The molecule has 0 amide bonds. The summed E-state index contributed by atoms with van der Waals surface area (Å²) in [5.74, 6) is 1.14. The Morgan fingerprint density at radius 3 is 2.54 bits per heavy atom. The zero-order chi connectivity index (χ0) is 16.5. The molecule has 3 aromatic rings. The van der Waals surface area contributed by atoms with Crippen LogP contribution >= 0.6 is 11.6 Å². The first kappa shape index (κ1) is 15.0. The highest BCUT2D eigenvalue weighted by Crippen LogP contribution is 2.39. The molecular formula is C17H14ClN3O3. The first-order chi connectivity index (χ1) is 11.7. The summed E-state index contributed by atoms with van der Waals surface area (Å²) in [5.41, 5.74) is 1.77. The van der Waals surface area contributed by atoms with E-state index in [1.54, 1.807) is 6.20 Å². The number of hydrogen-bond donors (Lipinski definition) is 1. The molecule has 24 heavy (non-hydrogen) atoms. The fourth-order valence-corrected chi connectivity index (χ4v) is 2.86. The quantitative estimate of drug-likeness (QED) is 0.775. The largest absolute Gasteiger partial charge is 0.491 e. The number of aromatic nitrogens is 3. The van der Waals surface area contributed by atoms with Crippen LogP contribution in [0.15, 0.2) is 47.2 Å². The molecule has 0 radical (unpaired) electrons. The van der Waals surface area contributed by atoms with Crippen LogP contribution in [-0.4, -0.2) is 26.3 Å². The minimum atomic E-state index is -0.185. The molecule has 1 saturated carbocycles. The molecule has 1 aliphatic carbocycles. The number of nitrogens with zero attached hydrogens (tertiary/aromatic N) is 3. The van der Waals surface area contributed by atoms with E-state index in [1.165, 1.54) is 17.8 Å². The molecular weight excluding hydrogens is 330 g/mol. The SMILES string of the molecule is Oc1cc(-c2cnc(O[C@H]3C[C@@H](c4ccc(Cl)cc4)C3)cn2)on1. The van der Waals surface area contributed by atoms with Gasteiger partial charge in [-0.25, -0.2) is 9.97 Å². The molecule has 0 spiro atoms. The van der Waals surface area contributed by atoms with Gasteiger partial charge in [-0.05, 0) is 41.6 Å². The van der Waals surface area contributed by atoms with Crippen LogP contribution in [0, 0.1) is 0 Å². The topological polar surface area (TPSA) is 81.3 Å². The molecule has 122 valence electrons. The molecule has 0 atom stereocenters. The molecule has 0 bridgehead atoms. The molecule has 2 aromatic heterocycles. The predicted molar refractivity (Wildman–Crippen MR) is 87.0 cm³/mol. The number of halogens is 1. The Kier molecular flexibility index (Phi) is 3.82. The van der Waals surface area contributed by atoms with E-state index in [1.807, 2.05) is 12.1 Å². The van der Waals surface area contributed by atoms with Gasteiger partial charge in [-0.15, -0.1) is 0 Å². The third-order valence-electron chi connectivity index (χ3n) is 4.10. The zero-order valence-electron chi connectivity index (χ0n) is 12.6. The summed E-state index contributed by atoms with van der Waals surface area (Å²) in [6, 6.07) is 9.33. The average Bonchev–Trinajstić information content (AvgIpc) is 2.99. The van der Waals surface area contributed by atoms with Crippen molar-refractivity contribution in [2.24, 2.45) is 0 Å². The Bertz CT molecular complexity index is 827. The zero-order valence-corrected chi connectivity index (χ0v) is 13.3. The predicted octanol–water partition coefficient (Wildman–Crippen LogP) is 3.82. The number of hydrogen-bond acceptors (Lipinski definition) is 6. The summed E-state index contributed by atoms with van der Waals surface area (Å²) in [5, 5.41) is 13.3. The molecule has 1 aliphatic rings. The van der Waals surface area contributed by atoms with Gasteiger partial charge in [-0.2, -0.15) is 0 Å². The number of benzene rings is 1. The maximum atomic E-state index is 9.18. The molecule has 1 fully saturated rings. The Morgan fingerprint density at radius 1 is 1.12 bits per heavy atom. The lowest BCUT2D eigenvalue weighted by atomic mass is 9.77. The standard InChI is InChI=1S/C17H14ClN3O3/c18-12-3-1-10(2-4-12)11-5-13(6-11)23-17-9-19-14(8-20-17)15-7-16(22)21-24-15/h1-4,7-9,11,13H,5-6H2,(H,21,22)/t11-,13+. The number of ether oxygens (including phenoxy) is 1. The Balaban J connectivity index is 1.34. The minimum absolute atomic E-state index is 0.139. The Hall–Kier alpha value is -2.60. The van der Waals surface area contributed by atoms with Gasteiger partial charge in [0.15, 0.2) is 5.76 Å². The highest BCUT2D eigenvalue weighted by Gasteiger charge is 2.32. The molecule has 0 aliphatic heterocycles. The molecule has 7 heteroatoms. The molecule has 2 heterocycles. The highest BCUT2D eigenvalue weighted by atomic mass is 35.5. The third kappa shape index (κ3) is 3.05. The summed E-state index contributed by atoms with van der Waals surface area (Å²) < 4.78 is 10.7. The fourth-order valence-electron chi connectivity index (χ4n) is 2.73. The van der Waals surface area contributed by atoms with Crippen molar-refractivity contribution in [1.82, 2.24) is 15.1 Å². The summed E-state index contributed by atoms with van der Waals surface area (Å²) in [7, 11) is 0. The van der Waals surface area contributed by atoms with Crippen LogP contribution in [0.3, 0.4) is 0 Å².